The van der Waals surface area contributed by atoms with Crippen molar-refractivity contribution in [3.8, 4) is 11.1 Å². The summed E-state index contributed by atoms with van der Waals surface area (Å²) in [6, 6.07) is 23.1. The summed E-state index contributed by atoms with van der Waals surface area (Å²) in [7, 11) is 0. The molecule has 0 saturated heterocycles. The second-order valence-electron chi connectivity index (χ2n) is 8.15. The molecule has 0 N–H and O–H groups in total. The van der Waals surface area contributed by atoms with E-state index < -0.39 is 0 Å². The highest BCUT2D eigenvalue weighted by atomic mass is 15.2. The van der Waals surface area contributed by atoms with E-state index in [4.69, 9.17) is 4.98 Å². The van der Waals surface area contributed by atoms with Crippen LogP contribution >= 0.6 is 0 Å². The Labute approximate surface area is 166 Å². The van der Waals surface area contributed by atoms with Gasteiger partial charge in [0, 0.05) is 47.4 Å². The lowest BCUT2D eigenvalue weighted by Gasteiger charge is -2.20. The molecular weight excluding hydrogens is 342 g/mol. The molecular formula is C25H25N3+2. The van der Waals surface area contributed by atoms with E-state index in [1.54, 1.807) is 0 Å². The zero-order valence-electron chi connectivity index (χ0n) is 16.7. The summed E-state index contributed by atoms with van der Waals surface area (Å²) in [6.45, 7) is 7.79. The molecule has 3 nitrogen and oxygen atoms in total. The van der Waals surface area contributed by atoms with Crippen molar-refractivity contribution in [1.82, 2.24) is 9.56 Å². The largest absolute Gasteiger partial charge is 0.496 e. The average molecular weight is 367 g/mol. The Morgan fingerprint density at radius 1 is 0.893 bits per heavy atom. The number of hydrogen-bond donors (Lipinski definition) is 0. The predicted molar refractivity (Wildman–Crippen MR) is 114 cm³/mol. The first-order valence-electron chi connectivity index (χ1n) is 10.1. The number of para-hydroxylation sites is 2. The molecule has 0 bridgehead atoms. The summed E-state index contributed by atoms with van der Waals surface area (Å²) < 4.78 is 4.52. The minimum Gasteiger partial charge on any atom is -0.260 e. The molecule has 0 amide bonds. The van der Waals surface area contributed by atoms with Crippen molar-refractivity contribution in [2.75, 3.05) is 6.54 Å². The molecule has 0 saturated carbocycles. The third kappa shape index (κ3) is 2.33. The molecule has 28 heavy (non-hydrogen) atoms. The van der Waals surface area contributed by atoms with E-state index in [9.17, 15) is 0 Å². The zero-order chi connectivity index (χ0) is 19.3. The highest BCUT2D eigenvalue weighted by molar-refractivity contribution is 5.86. The van der Waals surface area contributed by atoms with Gasteiger partial charge >= 0.3 is 6.01 Å². The van der Waals surface area contributed by atoms with E-state index >= 15 is 0 Å². The fourth-order valence-corrected chi connectivity index (χ4v) is 4.63. The predicted octanol–water partition coefficient (Wildman–Crippen LogP) is 5.85. The molecule has 3 aromatic rings. The lowest BCUT2D eigenvalue weighted by Crippen LogP contribution is -2.19. The highest BCUT2D eigenvalue weighted by Gasteiger charge is 2.44. The molecule has 2 aliphatic rings. The fraction of sp³-hybridized carbons (Fsp3) is 0.280. The van der Waals surface area contributed by atoms with Gasteiger partial charge in [0.15, 0.2) is 6.54 Å². The van der Waals surface area contributed by atoms with Gasteiger partial charge in [0.1, 0.15) is 0 Å². The molecule has 0 atom stereocenters. The van der Waals surface area contributed by atoms with Crippen LogP contribution in [0.4, 0.5) is 17.1 Å². The number of rotatable bonds is 4. The Bertz CT molecular complexity index is 1160. The summed E-state index contributed by atoms with van der Waals surface area (Å²) in [5.41, 5.74) is 8.53. The van der Waals surface area contributed by atoms with Crippen molar-refractivity contribution in [3.05, 3.63) is 72.1 Å². The van der Waals surface area contributed by atoms with Gasteiger partial charge in [0.25, 0.3) is 11.4 Å². The first-order chi connectivity index (χ1) is 13.6. The maximum atomic E-state index is 4.74. The Hall–Kier alpha value is -3.03. The molecule has 138 valence electrons. The van der Waals surface area contributed by atoms with Crippen LogP contribution in [0.5, 0.6) is 0 Å². The summed E-state index contributed by atoms with van der Waals surface area (Å²) in [5.74, 6) is 0. The van der Waals surface area contributed by atoms with Crippen molar-refractivity contribution in [2.24, 2.45) is 0 Å². The maximum absolute atomic E-state index is 4.74. The summed E-state index contributed by atoms with van der Waals surface area (Å²) in [5, 5.41) is 0. The molecule has 2 heterocycles. The van der Waals surface area contributed by atoms with Crippen LogP contribution in [-0.4, -0.2) is 22.1 Å². The van der Waals surface area contributed by atoms with E-state index in [2.05, 4.69) is 84.5 Å². The van der Waals surface area contributed by atoms with Crippen molar-refractivity contribution in [1.29, 1.82) is 0 Å². The van der Waals surface area contributed by atoms with Crippen molar-refractivity contribution < 1.29 is 4.58 Å². The molecule has 1 aliphatic carbocycles. The first kappa shape index (κ1) is 17.1. The topological polar surface area (TPSA) is 18.9 Å². The van der Waals surface area contributed by atoms with E-state index in [0.29, 0.717) is 0 Å². The number of fused-ring (bicyclic) bond motifs is 4. The van der Waals surface area contributed by atoms with Gasteiger partial charge in [-0.2, -0.15) is 0 Å². The molecule has 0 radical (unpaired) electrons. The maximum Gasteiger partial charge on any atom is 0.496 e. The molecule has 0 unspecified atom stereocenters. The first-order valence-corrected chi connectivity index (χ1v) is 10.1. The third-order valence-electron chi connectivity index (χ3n) is 5.97. The van der Waals surface area contributed by atoms with Gasteiger partial charge in [-0.15, -0.1) is 0 Å². The Morgan fingerprint density at radius 2 is 1.64 bits per heavy atom. The summed E-state index contributed by atoms with van der Waals surface area (Å²) >= 11 is 0. The fourth-order valence-electron chi connectivity index (χ4n) is 4.63. The smallest absolute Gasteiger partial charge is 0.260 e. The summed E-state index contributed by atoms with van der Waals surface area (Å²) in [6.07, 6.45) is 4.24. The monoisotopic (exact) mass is 367 g/mol. The number of nitrogens with zero attached hydrogens (tertiary/aromatic N) is 3. The third-order valence-corrected chi connectivity index (χ3v) is 5.97. The lowest BCUT2D eigenvalue weighted by molar-refractivity contribution is -0.431. The highest BCUT2D eigenvalue weighted by Crippen LogP contribution is 2.51. The average Bonchev–Trinajstić information content (AvgIpc) is 3.20. The second kappa shape index (κ2) is 6.25. The van der Waals surface area contributed by atoms with E-state index in [1.807, 2.05) is 12.3 Å². The van der Waals surface area contributed by atoms with Crippen molar-refractivity contribution in [2.45, 2.75) is 39.0 Å². The van der Waals surface area contributed by atoms with Crippen LogP contribution in [0.1, 0.15) is 44.9 Å². The molecule has 3 heteroatoms. The van der Waals surface area contributed by atoms with E-state index in [0.717, 1.165) is 18.7 Å². The van der Waals surface area contributed by atoms with Gasteiger partial charge in [-0.1, -0.05) is 48.3 Å². The minimum atomic E-state index is -0.143. The summed E-state index contributed by atoms with van der Waals surface area (Å²) in [4.78, 5) is 4.74. The molecule has 0 spiro atoms. The van der Waals surface area contributed by atoms with E-state index in [1.165, 1.54) is 40.2 Å². The Morgan fingerprint density at radius 3 is 2.46 bits per heavy atom. The van der Waals surface area contributed by atoms with Crippen LogP contribution < -0.4 is 4.58 Å². The molecule has 1 aliphatic heterocycles. The van der Waals surface area contributed by atoms with Gasteiger partial charge < -0.3 is 0 Å². The van der Waals surface area contributed by atoms with Crippen LogP contribution in [0.25, 0.3) is 11.1 Å². The number of pyridine rings is 1. The zero-order valence-corrected chi connectivity index (χ0v) is 16.7. The SMILES string of the molecule is CCCC[N+]1=C=[N+](c2cccc3c2C(C)(C)c2ncccc2-3)c2ccccc21. The van der Waals surface area contributed by atoms with Gasteiger partial charge in [-0.3, -0.25) is 4.98 Å². The number of unbranched alkanes of at least 4 members (excludes halogenated alkanes) is 1. The normalized spacial score (nSPS) is 15.5. The Kier molecular flexibility index (Phi) is 3.82. The van der Waals surface area contributed by atoms with Crippen molar-refractivity contribution >= 4 is 23.1 Å². The lowest BCUT2D eigenvalue weighted by atomic mass is 9.84. The Balaban J connectivity index is 1.76. The quantitative estimate of drug-likeness (QED) is 0.529. The molecule has 5 rings (SSSR count). The molecule has 2 aromatic carbocycles. The standard InChI is InChI=1S/C25H25N3/c1-4-5-16-27-17-28(21-13-7-6-12-20(21)27)22-14-8-10-18-19-11-9-15-26-24(19)25(2,3)23(18)22/h6-15H,4-5,16H2,1-3H3/q+2. The van der Waals surface area contributed by atoms with Crippen molar-refractivity contribution in [3.63, 3.8) is 0 Å². The minimum absolute atomic E-state index is 0.143. The van der Waals surface area contributed by atoms with Crippen LogP contribution in [-0.2, 0) is 5.41 Å². The van der Waals surface area contributed by atoms with Crippen LogP contribution in [0.3, 0.4) is 0 Å². The number of benzene rings is 2. The van der Waals surface area contributed by atoms with Crippen LogP contribution in [0.15, 0.2) is 60.8 Å². The van der Waals surface area contributed by atoms with Gasteiger partial charge in [-0.05, 0) is 30.1 Å². The number of aromatic nitrogens is 1. The van der Waals surface area contributed by atoms with Gasteiger partial charge in [0.2, 0.25) is 5.69 Å². The number of hydrogen-bond acceptors (Lipinski definition) is 1. The second-order valence-corrected chi connectivity index (χ2v) is 8.15. The van der Waals surface area contributed by atoms with Gasteiger partial charge in [0.05, 0.1) is 5.69 Å². The molecule has 1 aromatic heterocycles. The molecule has 0 fully saturated rings. The van der Waals surface area contributed by atoms with Crippen LogP contribution in [0.2, 0.25) is 0 Å². The van der Waals surface area contributed by atoms with E-state index in [-0.39, 0.29) is 5.41 Å². The van der Waals surface area contributed by atoms with Gasteiger partial charge in [-0.25, -0.2) is 0 Å². The van der Waals surface area contributed by atoms with Crippen LogP contribution in [0, 0.1) is 0 Å².